The Hall–Kier alpha value is -3.86. The van der Waals surface area contributed by atoms with Crippen molar-refractivity contribution in [3.8, 4) is 11.8 Å². The number of pyridine rings is 1. The fraction of sp³-hybridized carbons (Fsp3) is 0.238. The highest BCUT2D eigenvalue weighted by Crippen LogP contribution is 2.21. The van der Waals surface area contributed by atoms with Gasteiger partial charge in [0.25, 0.3) is 5.56 Å². The van der Waals surface area contributed by atoms with Gasteiger partial charge in [-0.1, -0.05) is 24.3 Å². The lowest BCUT2D eigenvalue weighted by molar-refractivity contribution is -0.121. The number of nitrogens with two attached hydrogens (primary N) is 1. The quantitative estimate of drug-likeness (QED) is 0.567. The van der Waals surface area contributed by atoms with Crippen molar-refractivity contribution >= 4 is 11.7 Å². The molecule has 8 nitrogen and oxygen atoms in total. The van der Waals surface area contributed by atoms with Crippen LogP contribution < -0.4 is 16.6 Å². The van der Waals surface area contributed by atoms with Gasteiger partial charge in [0.2, 0.25) is 5.91 Å². The number of nitrogens with one attached hydrogen (secondary N) is 1. The molecule has 0 aliphatic rings. The van der Waals surface area contributed by atoms with Gasteiger partial charge in [0, 0.05) is 31.8 Å². The fourth-order valence-corrected chi connectivity index (χ4v) is 2.98. The molecule has 0 aliphatic heterocycles. The Morgan fingerprint density at radius 3 is 2.66 bits per heavy atom. The number of benzene rings is 1. The first-order chi connectivity index (χ1) is 14.1. The van der Waals surface area contributed by atoms with Crippen LogP contribution in [-0.2, 0) is 17.8 Å². The Morgan fingerprint density at radius 1 is 1.17 bits per heavy atom. The number of nitrogens with zero attached hydrogens (tertiary/aromatic N) is 4. The summed E-state index contributed by atoms with van der Waals surface area (Å²) in [7, 11) is 0. The van der Waals surface area contributed by atoms with Crippen molar-refractivity contribution in [2.75, 3.05) is 12.3 Å². The number of carbonyl (C=O) groups is 1. The summed E-state index contributed by atoms with van der Waals surface area (Å²) in [6, 6.07) is 16.4. The van der Waals surface area contributed by atoms with Crippen LogP contribution in [0, 0.1) is 11.3 Å². The molecule has 8 heteroatoms. The van der Waals surface area contributed by atoms with Crippen molar-refractivity contribution in [2.45, 2.75) is 25.8 Å². The second kappa shape index (κ2) is 9.37. The number of carbonyl (C=O) groups excluding carboxylic acids is 1. The van der Waals surface area contributed by atoms with Crippen LogP contribution in [-0.4, -0.2) is 26.8 Å². The van der Waals surface area contributed by atoms with E-state index in [9.17, 15) is 14.9 Å². The van der Waals surface area contributed by atoms with E-state index in [0.29, 0.717) is 43.0 Å². The average Bonchev–Trinajstić information content (AvgIpc) is 3.06. The van der Waals surface area contributed by atoms with Crippen LogP contribution in [0.15, 0.2) is 59.5 Å². The zero-order chi connectivity index (χ0) is 20.6. The summed E-state index contributed by atoms with van der Waals surface area (Å²) < 4.78 is 3.06. The molecule has 2 heterocycles. The molecule has 0 saturated heterocycles. The summed E-state index contributed by atoms with van der Waals surface area (Å²) in [6.07, 6.45) is 3.03. The van der Waals surface area contributed by atoms with Gasteiger partial charge in [-0.3, -0.25) is 9.59 Å². The molecule has 1 amide bonds. The van der Waals surface area contributed by atoms with Crippen LogP contribution in [0.1, 0.15) is 24.1 Å². The molecule has 0 bridgehead atoms. The average molecular weight is 390 g/mol. The number of nitriles is 1. The van der Waals surface area contributed by atoms with Crippen molar-refractivity contribution in [3.63, 3.8) is 0 Å². The third-order valence-corrected chi connectivity index (χ3v) is 4.50. The second-order valence-corrected chi connectivity index (χ2v) is 6.50. The van der Waals surface area contributed by atoms with E-state index in [1.165, 1.54) is 10.6 Å². The molecule has 0 spiro atoms. The molecule has 0 unspecified atom stereocenters. The van der Waals surface area contributed by atoms with E-state index in [1.54, 1.807) is 23.0 Å². The maximum absolute atomic E-state index is 12.0. The van der Waals surface area contributed by atoms with Gasteiger partial charge in [-0.2, -0.15) is 10.4 Å². The van der Waals surface area contributed by atoms with E-state index in [0.717, 1.165) is 5.69 Å². The molecular weight excluding hydrogens is 368 g/mol. The molecule has 0 radical (unpaired) electrons. The van der Waals surface area contributed by atoms with Crippen LogP contribution >= 0.6 is 0 Å². The Morgan fingerprint density at radius 2 is 1.93 bits per heavy atom. The molecule has 0 fully saturated rings. The number of hydrogen-bond acceptors (Lipinski definition) is 5. The zero-order valence-corrected chi connectivity index (χ0v) is 15.9. The smallest absolute Gasteiger partial charge is 0.250 e. The lowest BCUT2D eigenvalue weighted by Gasteiger charge is -2.06. The molecule has 3 aromatic rings. The third-order valence-electron chi connectivity index (χ3n) is 4.50. The first kappa shape index (κ1) is 19.9. The first-order valence-corrected chi connectivity index (χ1v) is 9.35. The predicted octanol–water partition coefficient (Wildman–Crippen LogP) is 1.63. The number of aryl methyl sites for hydroxylation is 2. The highest BCUT2D eigenvalue weighted by atomic mass is 16.1. The Kier molecular flexibility index (Phi) is 6.43. The molecule has 0 atom stereocenters. The van der Waals surface area contributed by atoms with E-state index in [-0.39, 0.29) is 17.9 Å². The van der Waals surface area contributed by atoms with Crippen LogP contribution in [0.2, 0.25) is 0 Å². The maximum Gasteiger partial charge on any atom is 0.250 e. The number of nitrogen functional groups attached to an aromatic ring is 1. The third kappa shape index (κ3) is 4.90. The van der Waals surface area contributed by atoms with Crippen molar-refractivity contribution in [1.29, 1.82) is 5.26 Å². The van der Waals surface area contributed by atoms with Gasteiger partial charge in [-0.05, 0) is 31.0 Å². The monoisotopic (exact) mass is 390 g/mol. The summed E-state index contributed by atoms with van der Waals surface area (Å²) in [5.41, 5.74) is 7.72. The lowest BCUT2D eigenvalue weighted by atomic mass is 10.1. The number of aromatic nitrogens is 3. The van der Waals surface area contributed by atoms with E-state index in [1.807, 2.05) is 30.3 Å². The minimum atomic E-state index is -0.129. The normalized spacial score (nSPS) is 10.4. The van der Waals surface area contributed by atoms with E-state index >= 15 is 0 Å². The van der Waals surface area contributed by atoms with Crippen molar-refractivity contribution in [1.82, 2.24) is 19.7 Å². The minimum absolute atomic E-state index is 0.129. The SMILES string of the molecule is N#Cc1c(CCCNC(=O)CCn2ccccc2=O)nn(-c2ccccc2)c1N. The molecule has 2 aromatic heterocycles. The highest BCUT2D eigenvalue weighted by Gasteiger charge is 2.16. The molecule has 3 rings (SSSR count). The Balaban J connectivity index is 1.52. The Labute approximate surface area is 168 Å². The summed E-state index contributed by atoms with van der Waals surface area (Å²) in [6.45, 7) is 0.785. The number of rotatable bonds is 8. The van der Waals surface area contributed by atoms with E-state index in [4.69, 9.17) is 5.73 Å². The first-order valence-electron chi connectivity index (χ1n) is 9.35. The summed E-state index contributed by atoms with van der Waals surface area (Å²) in [5, 5.41) is 16.7. The predicted molar refractivity (Wildman–Crippen MR) is 109 cm³/mol. The van der Waals surface area contributed by atoms with Gasteiger partial charge in [0.05, 0.1) is 11.4 Å². The summed E-state index contributed by atoms with van der Waals surface area (Å²) in [4.78, 5) is 23.6. The number of anilines is 1. The number of para-hydroxylation sites is 1. The zero-order valence-electron chi connectivity index (χ0n) is 15.9. The van der Waals surface area contributed by atoms with Crippen LogP contribution in [0.4, 0.5) is 5.82 Å². The van der Waals surface area contributed by atoms with Gasteiger partial charge in [0.1, 0.15) is 17.5 Å². The summed E-state index contributed by atoms with van der Waals surface area (Å²) >= 11 is 0. The lowest BCUT2D eigenvalue weighted by Crippen LogP contribution is -2.27. The van der Waals surface area contributed by atoms with Crippen LogP contribution in [0.5, 0.6) is 0 Å². The van der Waals surface area contributed by atoms with Gasteiger partial charge < -0.3 is 15.6 Å². The van der Waals surface area contributed by atoms with E-state index < -0.39 is 0 Å². The largest absolute Gasteiger partial charge is 0.382 e. The highest BCUT2D eigenvalue weighted by molar-refractivity contribution is 5.75. The molecule has 3 N–H and O–H groups in total. The van der Waals surface area contributed by atoms with Crippen molar-refractivity contribution in [2.24, 2.45) is 0 Å². The maximum atomic E-state index is 12.0. The van der Waals surface area contributed by atoms with Crippen LogP contribution in [0.3, 0.4) is 0 Å². The van der Waals surface area contributed by atoms with Gasteiger partial charge in [-0.25, -0.2) is 4.68 Å². The second-order valence-electron chi connectivity index (χ2n) is 6.50. The van der Waals surface area contributed by atoms with Crippen molar-refractivity contribution in [3.05, 3.63) is 76.3 Å². The van der Waals surface area contributed by atoms with Crippen molar-refractivity contribution < 1.29 is 4.79 Å². The van der Waals surface area contributed by atoms with Crippen LogP contribution in [0.25, 0.3) is 5.69 Å². The molecule has 1 aromatic carbocycles. The van der Waals surface area contributed by atoms with Gasteiger partial charge in [0.15, 0.2) is 0 Å². The van der Waals surface area contributed by atoms with E-state index in [2.05, 4.69) is 16.5 Å². The molecular formula is C21H22N6O2. The summed E-state index contributed by atoms with van der Waals surface area (Å²) in [5.74, 6) is 0.182. The standard InChI is InChI=1S/C21H22N6O2/c22-15-17-18(25-27(21(17)23)16-7-2-1-3-8-16)9-6-12-24-19(28)11-14-26-13-5-4-10-20(26)29/h1-5,7-8,10,13H,6,9,11-12,14,23H2,(H,24,28). The van der Waals surface area contributed by atoms with Gasteiger partial charge >= 0.3 is 0 Å². The molecule has 0 aliphatic carbocycles. The molecule has 0 saturated carbocycles. The topological polar surface area (TPSA) is 119 Å². The molecule has 29 heavy (non-hydrogen) atoms. The fourth-order valence-electron chi connectivity index (χ4n) is 2.98. The number of hydrogen-bond donors (Lipinski definition) is 2. The molecule has 148 valence electrons. The van der Waals surface area contributed by atoms with Gasteiger partial charge in [-0.15, -0.1) is 0 Å². The Bertz CT molecular complexity index is 1080. The number of amides is 1. The minimum Gasteiger partial charge on any atom is -0.382 e.